The van der Waals surface area contributed by atoms with Gasteiger partial charge in [0.05, 0.1) is 22.5 Å². The number of hydrogen-bond donors (Lipinski definition) is 1. The van der Waals surface area contributed by atoms with E-state index in [1.165, 1.54) is 19.1 Å². The molecule has 2 amide bonds. The number of halogens is 5. The molecule has 0 heterocycles. The second-order valence-corrected chi connectivity index (χ2v) is 9.97. The molecule has 0 bridgehead atoms. The third-order valence-electron chi connectivity index (χ3n) is 5.01. The predicted octanol–water partition coefficient (Wildman–Crippen LogP) is 3.82. The Morgan fingerprint density at radius 3 is 2.23 bits per heavy atom. The first kappa shape index (κ1) is 28.4. The molecular weight excluding hydrogens is 514 g/mol. The van der Waals surface area contributed by atoms with Crippen LogP contribution >= 0.6 is 11.6 Å². The standard InChI is InChI=1S/C22H24ClF4N3O4S/c1-4-28-21(32)14(2)29(12-15-5-8-17(24)9-6-15)20(31)13-30(35(3,33)34)19-11-16(22(25,26)27)7-10-18(19)23/h5-11,14H,4,12-13H2,1-3H3,(H,28,32)/t14-/m0/s1. The molecule has 7 nitrogen and oxygen atoms in total. The van der Waals surface area contributed by atoms with Crippen molar-refractivity contribution in [3.8, 4) is 0 Å². The van der Waals surface area contributed by atoms with Gasteiger partial charge in [-0.25, -0.2) is 12.8 Å². The second kappa shape index (κ2) is 11.3. The predicted molar refractivity (Wildman–Crippen MR) is 124 cm³/mol. The Hall–Kier alpha value is -2.86. The number of carbonyl (C=O) groups is 2. The average molecular weight is 538 g/mol. The van der Waals surface area contributed by atoms with E-state index in [1.807, 2.05) is 0 Å². The minimum Gasteiger partial charge on any atom is -0.355 e. The van der Waals surface area contributed by atoms with E-state index in [2.05, 4.69) is 5.32 Å². The van der Waals surface area contributed by atoms with Gasteiger partial charge in [0.1, 0.15) is 18.4 Å². The molecule has 2 aromatic rings. The van der Waals surface area contributed by atoms with Crippen LogP contribution in [0.25, 0.3) is 0 Å². The van der Waals surface area contributed by atoms with Crippen molar-refractivity contribution in [3.05, 3.63) is 64.4 Å². The number of likely N-dealkylation sites (N-methyl/N-ethyl adjacent to an activating group) is 1. The zero-order valence-corrected chi connectivity index (χ0v) is 20.6. The number of alkyl halides is 3. The molecule has 1 atom stereocenters. The molecule has 35 heavy (non-hydrogen) atoms. The SMILES string of the molecule is CCNC(=O)[C@H](C)N(Cc1ccc(F)cc1)C(=O)CN(c1cc(C(F)(F)F)ccc1Cl)S(C)(=O)=O. The Bertz CT molecular complexity index is 1170. The van der Waals surface area contributed by atoms with E-state index in [-0.39, 0.29) is 18.1 Å². The minimum atomic E-state index is -4.78. The van der Waals surface area contributed by atoms with Crippen molar-refractivity contribution in [1.29, 1.82) is 0 Å². The maximum Gasteiger partial charge on any atom is 0.416 e. The maximum absolute atomic E-state index is 13.3. The fourth-order valence-corrected chi connectivity index (χ4v) is 4.29. The molecule has 0 aromatic heterocycles. The number of sulfonamides is 1. The van der Waals surface area contributed by atoms with Crippen LogP contribution in [0, 0.1) is 5.82 Å². The number of carbonyl (C=O) groups excluding carboxylic acids is 2. The number of rotatable bonds is 9. The summed E-state index contributed by atoms with van der Waals surface area (Å²) < 4.78 is 78.4. The first-order valence-electron chi connectivity index (χ1n) is 10.3. The molecule has 0 spiro atoms. The van der Waals surface area contributed by atoms with E-state index >= 15 is 0 Å². The topological polar surface area (TPSA) is 86.8 Å². The lowest BCUT2D eigenvalue weighted by molar-refractivity contribution is -0.139. The third kappa shape index (κ3) is 7.56. The number of anilines is 1. The van der Waals surface area contributed by atoms with Crippen LogP contribution in [0.15, 0.2) is 42.5 Å². The van der Waals surface area contributed by atoms with Crippen molar-refractivity contribution >= 4 is 39.1 Å². The molecule has 2 rings (SSSR count). The number of nitrogens with zero attached hydrogens (tertiary/aromatic N) is 2. The number of amides is 2. The van der Waals surface area contributed by atoms with Gasteiger partial charge in [-0.3, -0.25) is 13.9 Å². The number of benzene rings is 2. The zero-order chi connectivity index (χ0) is 26.6. The van der Waals surface area contributed by atoms with E-state index in [0.29, 0.717) is 28.3 Å². The lowest BCUT2D eigenvalue weighted by Gasteiger charge is -2.31. The smallest absolute Gasteiger partial charge is 0.355 e. The first-order valence-corrected chi connectivity index (χ1v) is 12.5. The molecule has 0 saturated carbocycles. The highest BCUT2D eigenvalue weighted by molar-refractivity contribution is 7.92. The van der Waals surface area contributed by atoms with Gasteiger partial charge in [0.15, 0.2) is 0 Å². The minimum absolute atomic E-state index is 0.189. The van der Waals surface area contributed by atoms with Gasteiger partial charge < -0.3 is 10.2 Å². The highest BCUT2D eigenvalue weighted by Gasteiger charge is 2.34. The van der Waals surface area contributed by atoms with E-state index in [4.69, 9.17) is 11.6 Å². The summed E-state index contributed by atoms with van der Waals surface area (Å²) in [5.74, 6) is -1.94. The summed E-state index contributed by atoms with van der Waals surface area (Å²) in [6, 6.07) is 6.11. The van der Waals surface area contributed by atoms with Crippen LogP contribution in [-0.4, -0.2) is 50.5 Å². The van der Waals surface area contributed by atoms with E-state index in [9.17, 15) is 35.6 Å². The van der Waals surface area contributed by atoms with Crippen LogP contribution in [-0.2, 0) is 32.3 Å². The molecule has 0 fully saturated rings. The Morgan fingerprint density at radius 1 is 1.11 bits per heavy atom. The van der Waals surface area contributed by atoms with Crippen molar-refractivity contribution in [2.75, 3.05) is 23.7 Å². The van der Waals surface area contributed by atoms with E-state index in [1.54, 1.807) is 6.92 Å². The zero-order valence-electron chi connectivity index (χ0n) is 19.1. The lowest BCUT2D eigenvalue weighted by atomic mass is 10.1. The van der Waals surface area contributed by atoms with Crippen LogP contribution < -0.4 is 9.62 Å². The maximum atomic E-state index is 13.3. The monoisotopic (exact) mass is 537 g/mol. The van der Waals surface area contributed by atoms with Crippen molar-refractivity contribution in [2.45, 2.75) is 32.6 Å². The first-order chi connectivity index (χ1) is 16.1. The summed E-state index contributed by atoms with van der Waals surface area (Å²) in [4.78, 5) is 26.8. The van der Waals surface area contributed by atoms with Gasteiger partial charge in [-0.15, -0.1) is 0 Å². The normalized spacial score (nSPS) is 12.7. The molecule has 0 aliphatic rings. The second-order valence-electron chi connectivity index (χ2n) is 7.65. The number of nitrogens with one attached hydrogen (secondary N) is 1. The van der Waals surface area contributed by atoms with Crippen LogP contribution in [0.5, 0.6) is 0 Å². The molecule has 2 aromatic carbocycles. The molecule has 13 heteroatoms. The van der Waals surface area contributed by atoms with Crippen LogP contribution in [0.3, 0.4) is 0 Å². The van der Waals surface area contributed by atoms with Gasteiger partial charge in [-0.05, 0) is 49.7 Å². The van der Waals surface area contributed by atoms with E-state index in [0.717, 1.165) is 23.1 Å². The van der Waals surface area contributed by atoms with Gasteiger partial charge in [0.25, 0.3) is 0 Å². The van der Waals surface area contributed by atoms with Gasteiger partial charge in [-0.2, -0.15) is 13.2 Å². The van der Waals surface area contributed by atoms with Crippen molar-refractivity contribution in [1.82, 2.24) is 10.2 Å². The molecule has 0 radical (unpaired) electrons. The highest BCUT2D eigenvalue weighted by Crippen LogP contribution is 2.36. The summed E-state index contributed by atoms with van der Waals surface area (Å²) in [5, 5.41) is 2.23. The number of hydrogen-bond acceptors (Lipinski definition) is 4. The Balaban J connectivity index is 2.48. The van der Waals surface area contributed by atoms with Crippen LogP contribution in [0.2, 0.25) is 5.02 Å². The molecule has 1 N–H and O–H groups in total. The molecule has 0 aliphatic heterocycles. The van der Waals surface area contributed by atoms with Crippen molar-refractivity contribution in [2.24, 2.45) is 0 Å². The Labute approximate surface area is 205 Å². The summed E-state index contributed by atoms with van der Waals surface area (Å²) in [7, 11) is -4.28. The van der Waals surface area contributed by atoms with Crippen LogP contribution in [0.1, 0.15) is 25.0 Å². The third-order valence-corrected chi connectivity index (χ3v) is 6.45. The highest BCUT2D eigenvalue weighted by atomic mass is 35.5. The summed E-state index contributed by atoms with van der Waals surface area (Å²) >= 11 is 6.01. The molecule has 0 aliphatic carbocycles. The fourth-order valence-electron chi connectivity index (χ4n) is 3.17. The summed E-state index contributed by atoms with van der Waals surface area (Å²) in [5.41, 5.74) is -1.25. The molecular formula is C22H24ClF4N3O4S. The summed E-state index contributed by atoms with van der Waals surface area (Å²) in [6.45, 7) is 2.22. The lowest BCUT2D eigenvalue weighted by Crippen LogP contribution is -2.51. The largest absolute Gasteiger partial charge is 0.416 e. The molecule has 0 saturated heterocycles. The van der Waals surface area contributed by atoms with Crippen molar-refractivity contribution in [3.63, 3.8) is 0 Å². The van der Waals surface area contributed by atoms with Gasteiger partial charge in [0.2, 0.25) is 21.8 Å². The molecule has 192 valence electrons. The molecule has 0 unspecified atom stereocenters. The van der Waals surface area contributed by atoms with Gasteiger partial charge in [0, 0.05) is 13.1 Å². The Morgan fingerprint density at radius 2 is 1.71 bits per heavy atom. The quantitative estimate of drug-likeness (QED) is 0.493. The van der Waals surface area contributed by atoms with Crippen LogP contribution in [0.4, 0.5) is 23.2 Å². The van der Waals surface area contributed by atoms with E-state index < -0.39 is 57.7 Å². The van der Waals surface area contributed by atoms with Gasteiger partial charge >= 0.3 is 6.18 Å². The van der Waals surface area contributed by atoms with Crippen molar-refractivity contribution < 1.29 is 35.6 Å². The fraction of sp³-hybridized carbons (Fsp3) is 0.364. The summed E-state index contributed by atoms with van der Waals surface area (Å²) in [6.07, 6.45) is -4.07. The van der Waals surface area contributed by atoms with Gasteiger partial charge in [-0.1, -0.05) is 23.7 Å². The Kier molecular flexibility index (Phi) is 9.12. The average Bonchev–Trinajstić information content (AvgIpc) is 2.75.